The Morgan fingerprint density at radius 2 is 1.95 bits per heavy atom. The van der Waals surface area contributed by atoms with Gasteiger partial charge in [-0.25, -0.2) is 13.6 Å². The van der Waals surface area contributed by atoms with Crippen LogP contribution in [0.1, 0.15) is 23.2 Å². The molecule has 0 saturated carbocycles. The molecule has 0 spiro atoms. The lowest BCUT2D eigenvalue weighted by Gasteiger charge is -2.23. The number of rotatable bonds is 8. The highest BCUT2D eigenvalue weighted by molar-refractivity contribution is 5.94. The molecule has 1 aromatic rings. The summed E-state index contributed by atoms with van der Waals surface area (Å²) in [6.45, 7) is 0.0454. The number of halogens is 2. The van der Waals surface area contributed by atoms with Gasteiger partial charge < -0.3 is 20.9 Å². The molecule has 0 fully saturated rings. The number of methoxy groups -OCH3 is 1. The van der Waals surface area contributed by atoms with Crippen molar-refractivity contribution in [3.05, 3.63) is 29.8 Å². The van der Waals surface area contributed by atoms with Crippen molar-refractivity contribution in [2.75, 3.05) is 13.7 Å². The molecule has 0 heterocycles. The molecular weight excluding hydrogens is 298 g/mol. The van der Waals surface area contributed by atoms with E-state index >= 15 is 0 Å². The van der Waals surface area contributed by atoms with E-state index < -0.39 is 30.3 Å². The molecule has 4 N–H and O–H groups in total. The van der Waals surface area contributed by atoms with Gasteiger partial charge >= 0.3 is 5.97 Å². The van der Waals surface area contributed by atoms with Gasteiger partial charge in [-0.3, -0.25) is 4.79 Å². The van der Waals surface area contributed by atoms with E-state index in [1.165, 1.54) is 7.11 Å². The van der Waals surface area contributed by atoms with Crippen molar-refractivity contribution < 1.29 is 28.2 Å². The maximum Gasteiger partial charge on any atom is 0.329 e. The van der Waals surface area contributed by atoms with Gasteiger partial charge in [0.15, 0.2) is 5.54 Å². The van der Waals surface area contributed by atoms with Crippen LogP contribution in [0.5, 0.6) is 5.75 Å². The number of benzene rings is 1. The third-order valence-electron chi connectivity index (χ3n) is 3.19. The first kappa shape index (κ1) is 17.8. The first-order valence-corrected chi connectivity index (χ1v) is 6.54. The van der Waals surface area contributed by atoms with Gasteiger partial charge in [0.1, 0.15) is 5.75 Å². The second-order valence-electron chi connectivity index (χ2n) is 4.73. The molecule has 122 valence electrons. The predicted octanol–water partition coefficient (Wildman–Crippen LogP) is 1.25. The summed E-state index contributed by atoms with van der Waals surface area (Å²) in [7, 11) is 1.50. The monoisotopic (exact) mass is 316 g/mol. The number of nitrogens with one attached hydrogen (secondary N) is 1. The predicted molar refractivity (Wildman–Crippen MR) is 75.1 cm³/mol. The summed E-state index contributed by atoms with van der Waals surface area (Å²) in [5.41, 5.74) is 2.96. The van der Waals surface area contributed by atoms with E-state index in [4.69, 9.17) is 15.6 Å². The standard InChI is InChI=1S/C14H18F2N2O4/c1-22-10-5-3-9(4-6-10)11(19)18-8-2-7-14(17,12(15)16)13(20)21/h3-6,12H,2,7-8,17H2,1H3,(H,18,19)(H,20,21). The SMILES string of the molecule is COc1ccc(C(=O)NCCCC(N)(C(=O)O)C(F)F)cc1. The summed E-state index contributed by atoms with van der Waals surface area (Å²) in [5.74, 6) is -1.55. The van der Waals surface area contributed by atoms with E-state index in [0.717, 1.165) is 0 Å². The number of nitrogens with two attached hydrogens (primary N) is 1. The van der Waals surface area contributed by atoms with Crippen LogP contribution >= 0.6 is 0 Å². The van der Waals surface area contributed by atoms with Crippen LogP contribution in [0.3, 0.4) is 0 Å². The third kappa shape index (κ3) is 4.39. The van der Waals surface area contributed by atoms with Gasteiger partial charge in [-0.1, -0.05) is 0 Å². The van der Waals surface area contributed by atoms with Gasteiger partial charge in [0.25, 0.3) is 12.3 Å². The van der Waals surface area contributed by atoms with Crippen LogP contribution in [0.15, 0.2) is 24.3 Å². The average molecular weight is 316 g/mol. The fraction of sp³-hybridized carbons (Fsp3) is 0.429. The second kappa shape index (κ2) is 7.69. The van der Waals surface area contributed by atoms with Crippen LogP contribution in [-0.4, -0.2) is 42.6 Å². The van der Waals surface area contributed by atoms with Crippen molar-refractivity contribution in [2.24, 2.45) is 5.73 Å². The summed E-state index contributed by atoms with van der Waals surface area (Å²) < 4.78 is 30.3. The molecule has 6 nitrogen and oxygen atoms in total. The lowest BCUT2D eigenvalue weighted by atomic mass is 9.95. The Morgan fingerprint density at radius 1 is 1.36 bits per heavy atom. The number of aliphatic carboxylic acids is 1. The van der Waals surface area contributed by atoms with Crippen molar-refractivity contribution in [1.82, 2.24) is 5.32 Å². The third-order valence-corrected chi connectivity index (χ3v) is 3.19. The van der Waals surface area contributed by atoms with Crippen molar-refractivity contribution in [3.8, 4) is 5.75 Å². The first-order valence-electron chi connectivity index (χ1n) is 6.54. The minimum Gasteiger partial charge on any atom is -0.497 e. The van der Waals surface area contributed by atoms with Gasteiger partial charge in [-0.05, 0) is 37.1 Å². The molecular formula is C14H18F2N2O4. The van der Waals surface area contributed by atoms with Crippen LogP contribution in [0.2, 0.25) is 0 Å². The topological polar surface area (TPSA) is 102 Å². The highest BCUT2D eigenvalue weighted by Gasteiger charge is 2.43. The quantitative estimate of drug-likeness (QED) is 0.627. The highest BCUT2D eigenvalue weighted by atomic mass is 19.3. The van der Waals surface area contributed by atoms with Crippen molar-refractivity contribution in [2.45, 2.75) is 24.8 Å². The van der Waals surface area contributed by atoms with E-state index in [1.54, 1.807) is 24.3 Å². The molecule has 0 bridgehead atoms. The Bertz CT molecular complexity index is 522. The summed E-state index contributed by atoms with van der Waals surface area (Å²) in [6, 6.07) is 6.33. The number of alkyl halides is 2. The smallest absolute Gasteiger partial charge is 0.329 e. The zero-order valence-electron chi connectivity index (χ0n) is 12.0. The molecule has 1 amide bonds. The average Bonchev–Trinajstić information content (AvgIpc) is 2.50. The Kier molecular flexibility index (Phi) is 6.24. The molecule has 0 aliphatic heterocycles. The number of carboxylic acids is 1. The molecule has 0 aliphatic rings. The van der Waals surface area contributed by atoms with Crippen LogP contribution in [-0.2, 0) is 4.79 Å². The molecule has 1 unspecified atom stereocenters. The van der Waals surface area contributed by atoms with Gasteiger partial charge in [0, 0.05) is 12.1 Å². The van der Waals surface area contributed by atoms with Crippen LogP contribution in [0.4, 0.5) is 8.78 Å². The number of carboxylic acid groups (broad SMARTS) is 1. The number of carbonyl (C=O) groups excluding carboxylic acids is 1. The molecule has 8 heteroatoms. The van der Waals surface area contributed by atoms with Gasteiger partial charge in [-0.2, -0.15) is 0 Å². The van der Waals surface area contributed by atoms with Crippen molar-refractivity contribution in [3.63, 3.8) is 0 Å². The molecule has 0 radical (unpaired) electrons. The Balaban J connectivity index is 2.46. The molecule has 1 rings (SSSR count). The Morgan fingerprint density at radius 3 is 2.41 bits per heavy atom. The summed E-state index contributed by atoms with van der Waals surface area (Å²) in [6.07, 6.45) is -3.60. The fourth-order valence-corrected chi connectivity index (χ4v) is 1.74. The van der Waals surface area contributed by atoms with Crippen LogP contribution < -0.4 is 15.8 Å². The Labute approximate surface area is 126 Å². The maximum absolute atomic E-state index is 12.7. The normalized spacial score (nSPS) is 13.5. The molecule has 1 atom stereocenters. The van der Waals surface area contributed by atoms with Crippen molar-refractivity contribution >= 4 is 11.9 Å². The zero-order valence-corrected chi connectivity index (χ0v) is 12.0. The molecule has 0 aliphatic carbocycles. The summed E-state index contributed by atoms with van der Waals surface area (Å²) in [4.78, 5) is 22.6. The van der Waals surface area contributed by atoms with Gasteiger partial charge in [0.2, 0.25) is 0 Å². The summed E-state index contributed by atoms with van der Waals surface area (Å²) >= 11 is 0. The highest BCUT2D eigenvalue weighted by Crippen LogP contribution is 2.19. The molecule has 1 aromatic carbocycles. The fourth-order valence-electron chi connectivity index (χ4n) is 1.74. The summed E-state index contributed by atoms with van der Waals surface area (Å²) in [5, 5.41) is 11.2. The number of amides is 1. The van der Waals surface area contributed by atoms with Crippen LogP contribution in [0, 0.1) is 0 Å². The number of carbonyl (C=O) groups is 2. The molecule has 0 aromatic heterocycles. The number of hydrogen-bond acceptors (Lipinski definition) is 4. The number of ether oxygens (including phenoxy) is 1. The maximum atomic E-state index is 12.7. The van der Waals surface area contributed by atoms with Gasteiger partial charge in [0.05, 0.1) is 7.11 Å². The molecule has 22 heavy (non-hydrogen) atoms. The molecule has 0 saturated heterocycles. The van der Waals surface area contributed by atoms with E-state index in [-0.39, 0.29) is 13.0 Å². The lowest BCUT2D eigenvalue weighted by Crippen LogP contribution is -2.54. The van der Waals surface area contributed by atoms with Crippen LogP contribution in [0.25, 0.3) is 0 Å². The number of hydrogen-bond donors (Lipinski definition) is 3. The van der Waals surface area contributed by atoms with Gasteiger partial charge in [-0.15, -0.1) is 0 Å². The van der Waals surface area contributed by atoms with E-state index in [9.17, 15) is 18.4 Å². The first-order chi connectivity index (χ1) is 10.3. The van der Waals surface area contributed by atoms with Crippen molar-refractivity contribution in [1.29, 1.82) is 0 Å². The van der Waals surface area contributed by atoms with E-state index in [1.807, 2.05) is 0 Å². The minimum atomic E-state index is -3.18. The largest absolute Gasteiger partial charge is 0.497 e. The minimum absolute atomic E-state index is 0.0229. The lowest BCUT2D eigenvalue weighted by molar-refractivity contribution is -0.150. The zero-order chi connectivity index (χ0) is 16.8. The van der Waals surface area contributed by atoms with E-state index in [2.05, 4.69) is 5.32 Å². The van der Waals surface area contributed by atoms with E-state index in [0.29, 0.717) is 11.3 Å². The second-order valence-corrected chi connectivity index (χ2v) is 4.73. The Hall–Kier alpha value is -2.22.